The summed E-state index contributed by atoms with van der Waals surface area (Å²) in [6, 6.07) is 0.916. The van der Waals surface area contributed by atoms with Gasteiger partial charge in [-0.3, -0.25) is 9.36 Å². The third kappa shape index (κ3) is 2.32. The molecule has 1 heterocycles. The van der Waals surface area contributed by atoms with Gasteiger partial charge in [-0.25, -0.2) is 4.79 Å². The minimum atomic E-state index is -0.870. The molecule has 0 bridgehead atoms. The smallest absolute Gasteiger partial charge is 0.347 e. The average molecular weight is 253 g/mol. The highest BCUT2D eigenvalue weighted by molar-refractivity contribution is 5.94. The van der Waals surface area contributed by atoms with Gasteiger partial charge in [-0.05, 0) is 12.3 Å². The lowest BCUT2D eigenvalue weighted by Crippen LogP contribution is -2.22. The number of rotatable bonds is 4. The first-order chi connectivity index (χ1) is 8.54. The van der Waals surface area contributed by atoms with Gasteiger partial charge >= 0.3 is 5.97 Å². The van der Waals surface area contributed by atoms with Crippen molar-refractivity contribution in [2.24, 2.45) is 5.92 Å². The Morgan fingerprint density at radius 1 is 1.50 bits per heavy atom. The Morgan fingerprint density at radius 2 is 2.17 bits per heavy atom. The minimum absolute atomic E-state index is 0.333. The van der Waals surface area contributed by atoms with Gasteiger partial charge < -0.3 is 14.9 Å². The van der Waals surface area contributed by atoms with Gasteiger partial charge in [0.1, 0.15) is 5.75 Å². The number of ether oxygens (including phenoxy) is 1. The minimum Gasteiger partial charge on any atom is -0.507 e. The van der Waals surface area contributed by atoms with E-state index < -0.39 is 23.2 Å². The van der Waals surface area contributed by atoms with Crippen LogP contribution in [0.4, 0.5) is 0 Å². The molecule has 1 fully saturated rings. The van der Waals surface area contributed by atoms with Crippen molar-refractivity contribution in [1.29, 1.82) is 0 Å². The van der Waals surface area contributed by atoms with Crippen LogP contribution in [0.3, 0.4) is 0 Å². The van der Waals surface area contributed by atoms with Crippen LogP contribution in [0, 0.1) is 5.92 Å². The standard InChI is InChI=1S/C12H15NO5/c1-18-12(17)10-8(14)6-9(15)13(11(10)16)5-4-7-2-3-7/h6-7,14,16H,2-5H2,1H3. The van der Waals surface area contributed by atoms with Crippen molar-refractivity contribution in [3.63, 3.8) is 0 Å². The van der Waals surface area contributed by atoms with Crippen LogP contribution in [0.5, 0.6) is 11.6 Å². The summed E-state index contributed by atoms with van der Waals surface area (Å²) in [6.07, 6.45) is 3.05. The first kappa shape index (κ1) is 12.5. The van der Waals surface area contributed by atoms with Crippen molar-refractivity contribution < 1.29 is 19.7 Å². The van der Waals surface area contributed by atoms with E-state index in [9.17, 15) is 19.8 Å². The van der Waals surface area contributed by atoms with Crippen molar-refractivity contribution in [3.05, 3.63) is 22.0 Å². The van der Waals surface area contributed by atoms with E-state index >= 15 is 0 Å². The topological polar surface area (TPSA) is 88.8 Å². The van der Waals surface area contributed by atoms with Gasteiger partial charge in [0.2, 0.25) is 5.88 Å². The van der Waals surface area contributed by atoms with Crippen LogP contribution in [0.1, 0.15) is 29.6 Å². The first-order valence-corrected chi connectivity index (χ1v) is 5.78. The molecule has 6 heteroatoms. The number of aromatic nitrogens is 1. The molecule has 18 heavy (non-hydrogen) atoms. The molecule has 1 saturated carbocycles. The molecule has 0 aliphatic heterocycles. The highest BCUT2D eigenvalue weighted by atomic mass is 16.5. The molecule has 0 atom stereocenters. The largest absolute Gasteiger partial charge is 0.507 e. The zero-order valence-electron chi connectivity index (χ0n) is 10.0. The third-order valence-corrected chi connectivity index (χ3v) is 3.11. The Labute approximate surface area is 103 Å². The second kappa shape index (κ2) is 4.72. The predicted molar refractivity (Wildman–Crippen MR) is 62.7 cm³/mol. The SMILES string of the molecule is COC(=O)c1c(O)cc(=O)n(CCC2CC2)c1O. The molecule has 0 saturated heterocycles. The van der Waals surface area contributed by atoms with Crippen molar-refractivity contribution in [2.45, 2.75) is 25.8 Å². The fourth-order valence-electron chi connectivity index (χ4n) is 1.85. The molecule has 1 aromatic heterocycles. The Hall–Kier alpha value is -1.98. The quantitative estimate of drug-likeness (QED) is 0.776. The maximum atomic E-state index is 11.6. The number of esters is 1. The maximum absolute atomic E-state index is 11.6. The van der Waals surface area contributed by atoms with Crippen molar-refractivity contribution in [1.82, 2.24) is 4.57 Å². The lowest BCUT2D eigenvalue weighted by atomic mass is 10.2. The summed E-state index contributed by atoms with van der Waals surface area (Å²) in [7, 11) is 1.14. The summed E-state index contributed by atoms with van der Waals surface area (Å²) < 4.78 is 5.54. The highest BCUT2D eigenvalue weighted by Crippen LogP contribution is 2.33. The molecule has 0 unspecified atom stereocenters. The van der Waals surface area contributed by atoms with Crippen LogP contribution in [-0.4, -0.2) is 27.9 Å². The molecule has 98 valence electrons. The van der Waals surface area contributed by atoms with Crippen LogP contribution in [0.15, 0.2) is 10.9 Å². The fraction of sp³-hybridized carbons (Fsp3) is 0.500. The Morgan fingerprint density at radius 3 is 2.72 bits per heavy atom. The van der Waals surface area contributed by atoms with E-state index in [2.05, 4.69) is 4.74 Å². The molecular formula is C12H15NO5. The Kier molecular flexibility index (Phi) is 3.27. The van der Waals surface area contributed by atoms with E-state index in [1.165, 1.54) is 0 Å². The van der Waals surface area contributed by atoms with Gasteiger partial charge in [0.05, 0.1) is 7.11 Å². The fourth-order valence-corrected chi connectivity index (χ4v) is 1.85. The lowest BCUT2D eigenvalue weighted by Gasteiger charge is -2.12. The molecule has 1 aliphatic rings. The monoisotopic (exact) mass is 253 g/mol. The van der Waals surface area contributed by atoms with E-state index in [0.29, 0.717) is 12.5 Å². The van der Waals surface area contributed by atoms with Crippen molar-refractivity contribution in [2.75, 3.05) is 7.11 Å². The number of methoxy groups -OCH3 is 1. The van der Waals surface area contributed by atoms with Gasteiger partial charge in [0, 0.05) is 12.6 Å². The maximum Gasteiger partial charge on any atom is 0.347 e. The van der Waals surface area contributed by atoms with E-state index in [0.717, 1.165) is 37.0 Å². The van der Waals surface area contributed by atoms with E-state index in [-0.39, 0.29) is 5.56 Å². The number of carbonyl (C=O) groups excluding carboxylic acids is 1. The number of pyridine rings is 1. The highest BCUT2D eigenvalue weighted by Gasteiger charge is 2.24. The zero-order chi connectivity index (χ0) is 13.3. The van der Waals surface area contributed by atoms with Gasteiger partial charge in [-0.15, -0.1) is 0 Å². The van der Waals surface area contributed by atoms with Gasteiger partial charge in [-0.2, -0.15) is 0 Å². The summed E-state index contributed by atoms with van der Waals surface area (Å²) in [4.78, 5) is 23.1. The van der Waals surface area contributed by atoms with Gasteiger partial charge in [0.15, 0.2) is 5.56 Å². The Bertz CT molecular complexity index is 530. The van der Waals surface area contributed by atoms with Gasteiger partial charge in [-0.1, -0.05) is 12.8 Å². The molecule has 0 radical (unpaired) electrons. The zero-order valence-corrected chi connectivity index (χ0v) is 10.0. The van der Waals surface area contributed by atoms with E-state index in [1.54, 1.807) is 0 Å². The number of aromatic hydroxyl groups is 2. The van der Waals surface area contributed by atoms with Crippen LogP contribution >= 0.6 is 0 Å². The second-order valence-electron chi connectivity index (χ2n) is 4.44. The normalized spacial score (nSPS) is 14.5. The average Bonchev–Trinajstić information content (AvgIpc) is 3.11. The second-order valence-corrected chi connectivity index (χ2v) is 4.44. The molecule has 0 aromatic carbocycles. The van der Waals surface area contributed by atoms with E-state index in [1.807, 2.05) is 0 Å². The summed E-state index contributed by atoms with van der Waals surface area (Å²) in [5, 5.41) is 19.4. The van der Waals surface area contributed by atoms with Crippen molar-refractivity contribution >= 4 is 5.97 Å². The molecule has 2 N–H and O–H groups in total. The Balaban J connectivity index is 2.38. The first-order valence-electron chi connectivity index (χ1n) is 5.78. The number of hydrogen-bond donors (Lipinski definition) is 2. The molecule has 0 amide bonds. The van der Waals surface area contributed by atoms with Crippen LogP contribution in [-0.2, 0) is 11.3 Å². The summed E-state index contributed by atoms with van der Waals surface area (Å²) in [5.74, 6) is -1.38. The summed E-state index contributed by atoms with van der Waals surface area (Å²) in [6.45, 7) is 0.333. The van der Waals surface area contributed by atoms with Crippen LogP contribution < -0.4 is 5.56 Å². The molecular weight excluding hydrogens is 238 g/mol. The van der Waals surface area contributed by atoms with Gasteiger partial charge in [0.25, 0.3) is 5.56 Å². The lowest BCUT2D eigenvalue weighted by molar-refractivity contribution is 0.0591. The van der Waals surface area contributed by atoms with E-state index in [4.69, 9.17) is 0 Å². The molecule has 6 nitrogen and oxygen atoms in total. The molecule has 1 aliphatic carbocycles. The third-order valence-electron chi connectivity index (χ3n) is 3.11. The summed E-state index contributed by atoms with van der Waals surface area (Å²) >= 11 is 0. The summed E-state index contributed by atoms with van der Waals surface area (Å²) in [5.41, 5.74) is -0.897. The van der Waals surface area contributed by atoms with Crippen LogP contribution in [0.2, 0.25) is 0 Å². The molecule has 1 aromatic rings. The van der Waals surface area contributed by atoms with Crippen LogP contribution in [0.25, 0.3) is 0 Å². The van der Waals surface area contributed by atoms with Crippen molar-refractivity contribution in [3.8, 4) is 11.6 Å². The number of carbonyl (C=O) groups is 1. The molecule has 2 rings (SSSR count). The number of nitrogens with zero attached hydrogens (tertiary/aromatic N) is 1. The number of hydrogen-bond acceptors (Lipinski definition) is 5. The molecule has 0 spiro atoms. The predicted octanol–water partition coefficient (Wildman–Crippen LogP) is 0.846.